The molecule has 0 radical (unpaired) electrons. The molecule has 0 aliphatic heterocycles. The fourth-order valence-corrected chi connectivity index (χ4v) is 2.55. The highest BCUT2D eigenvalue weighted by Crippen LogP contribution is 2.29. The first-order valence-electron chi connectivity index (χ1n) is 7.48. The highest BCUT2D eigenvalue weighted by atomic mass is 32.2. The largest absolute Gasteiger partial charge is 0.416 e. The number of rotatable bonds is 7. The van der Waals surface area contributed by atoms with Crippen molar-refractivity contribution in [1.82, 2.24) is 10.5 Å². The van der Waals surface area contributed by atoms with Crippen LogP contribution >= 0.6 is 11.8 Å². The second-order valence-electron chi connectivity index (χ2n) is 5.34. The van der Waals surface area contributed by atoms with Crippen LogP contribution in [-0.4, -0.2) is 28.5 Å². The van der Waals surface area contributed by atoms with Crippen LogP contribution in [0.1, 0.15) is 16.9 Å². The van der Waals surface area contributed by atoms with E-state index in [1.54, 1.807) is 13.0 Å². The van der Waals surface area contributed by atoms with E-state index in [-0.39, 0.29) is 29.9 Å². The molecule has 0 atom stereocenters. The molecule has 1 aromatic carbocycles. The van der Waals surface area contributed by atoms with Crippen LogP contribution in [0.3, 0.4) is 0 Å². The summed E-state index contributed by atoms with van der Waals surface area (Å²) in [7, 11) is 0. The summed E-state index contributed by atoms with van der Waals surface area (Å²) in [5.41, 5.74) is -0.188. The van der Waals surface area contributed by atoms with Gasteiger partial charge in [0.15, 0.2) is 5.82 Å². The van der Waals surface area contributed by atoms with E-state index < -0.39 is 11.7 Å². The number of hydrogen-bond acceptors (Lipinski definition) is 5. The molecule has 2 rings (SSSR count). The van der Waals surface area contributed by atoms with Crippen LogP contribution in [0, 0.1) is 6.92 Å². The van der Waals surface area contributed by atoms with Gasteiger partial charge in [-0.3, -0.25) is 9.59 Å². The minimum absolute atomic E-state index is 0.0475. The maximum Gasteiger partial charge on any atom is 0.416 e. The zero-order chi connectivity index (χ0) is 19.2. The molecule has 0 spiro atoms. The molecule has 26 heavy (non-hydrogen) atoms. The lowest BCUT2D eigenvalue weighted by Gasteiger charge is -2.08. The molecule has 0 unspecified atom stereocenters. The van der Waals surface area contributed by atoms with Crippen molar-refractivity contribution in [2.24, 2.45) is 0 Å². The Morgan fingerprint density at radius 2 is 1.81 bits per heavy atom. The summed E-state index contributed by atoms with van der Waals surface area (Å²) >= 11 is 1.11. The number of amides is 2. The van der Waals surface area contributed by atoms with Gasteiger partial charge in [-0.15, -0.1) is 11.8 Å². The normalized spacial score (nSPS) is 11.2. The van der Waals surface area contributed by atoms with E-state index in [0.29, 0.717) is 17.1 Å². The molecule has 2 amide bonds. The molecule has 6 nitrogen and oxygen atoms in total. The van der Waals surface area contributed by atoms with Crippen molar-refractivity contribution in [2.75, 3.05) is 16.8 Å². The minimum atomic E-state index is -4.39. The molecule has 2 N–H and O–H groups in total. The van der Waals surface area contributed by atoms with Gasteiger partial charge in [0.25, 0.3) is 0 Å². The van der Waals surface area contributed by atoms with E-state index in [0.717, 1.165) is 23.9 Å². The number of thioether (sulfide) groups is 1. The highest BCUT2D eigenvalue weighted by molar-refractivity contribution is 8.00. The van der Waals surface area contributed by atoms with Gasteiger partial charge in [0.2, 0.25) is 11.8 Å². The van der Waals surface area contributed by atoms with Gasteiger partial charge in [-0.25, -0.2) is 0 Å². The number of nitrogens with zero attached hydrogens (tertiary/aromatic N) is 1. The van der Waals surface area contributed by atoms with Crippen LogP contribution in [0.2, 0.25) is 0 Å². The second kappa shape index (κ2) is 8.75. The standard InChI is InChI=1S/C16H16F3N3O3S/c1-10-6-13(22-25-10)21-15(24)9-26-8-14(23)20-7-11-2-4-12(5-3-11)16(17,18)19/h2-6H,7-9H2,1H3,(H,20,23)(H,21,22,24). The molecular weight excluding hydrogens is 371 g/mol. The van der Waals surface area contributed by atoms with Crippen LogP contribution in [0.25, 0.3) is 0 Å². The van der Waals surface area contributed by atoms with Gasteiger partial charge in [0.05, 0.1) is 17.1 Å². The molecule has 140 valence electrons. The molecule has 2 aromatic rings. The third-order valence-electron chi connectivity index (χ3n) is 3.13. The van der Waals surface area contributed by atoms with Gasteiger partial charge in [-0.2, -0.15) is 13.2 Å². The van der Waals surface area contributed by atoms with Gasteiger partial charge in [-0.1, -0.05) is 17.3 Å². The molecule has 0 saturated carbocycles. The van der Waals surface area contributed by atoms with Crippen molar-refractivity contribution >= 4 is 29.4 Å². The van der Waals surface area contributed by atoms with Crippen LogP contribution in [-0.2, 0) is 22.3 Å². The minimum Gasteiger partial charge on any atom is -0.360 e. The Bertz CT molecular complexity index is 760. The number of nitrogens with one attached hydrogen (secondary N) is 2. The smallest absolute Gasteiger partial charge is 0.360 e. The predicted molar refractivity (Wildman–Crippen MR) is 90.5 cm³/mol. The number of hydrogen-bond donors (Lipinski definition) is 2. The summed E-state index contributed by atoms with van der Waals surface area (Å²) in [4.78, 5) is 23.4. The number of halogens is 3. The molecule has 0 bridgehead atoms. The summed E-state index contributed by atoms with van der Waals surface area (Å²) < 4.78 is 42.2. The van der Waals surface area contributed by atoms with Crippen LogP contribution in [0.5, 0.6) is 0 Å². The Morgan fingerprint density at radius 3 is 2.38 bits per heavy atom. The summed E-state index contributed by atoms with van der Waals surface area (Å²) in [5.74, 6) is 0.333. The monoisotopic (exact) mass is 387 g/mol. The average molecular weight is 387 g/mol. The molecule has 0 aliphatic rings. The van der Waals surface area contributed by atoms with Crippen molar-refractivity contribution in [3.05, 3.63) is 47.2 Å². The van der Waals surface area contributed by atoms with Gasteiger partial charge in [0.1, 0.15) is 5.76 Å². The predicted octanol–water partition coefficient (Wildman–Crippen LogP) is 2.99. The Morgan fingerprint density at radius 1 is 1.15 bits per heavy atom. The van der Waals surface area contributed by atoms with Gasteiger partial charge in [-0.05, 0) is 24.6 Å². The van der Waals surface area contributed by atoms with Crippen LogP contribution in [0.15, 0.2) is 34.9 Å². The van der Waals surface area contributed by atoms with Crippen LogP contribution < -0.4 is 10.6 Å². The first-order valence-corrected chi connectivity index (χ1v) is 8.63. The molecule has 0 aliphatic carbocycles. The molecule has 0 saturated heterocycles. The van der Waals surface area contributed by atoms with Gasteiger partial charge < -0.3 is 15.2 Å². The lowest BCUT2D eigenvalue weighted by atomic mass is 10.1. The second-order valence-corrected chi connectivity index (χ2v) is 6.32. The van der Waals surface area contributed by atoms with Crippen molar-refractivity contribution < 1.29 is 27.3 Å². The van der Waals surface area contributed by atoms with Gasteiger partial charge >= 0.3 is 6.18 Å². The summed E-state index contributed by atoms with van der Waals surface area (Å²) in [6.45, 7) is 1.81. The number of alkyl halides is 3. The first-order chi connectivity index (χ1) is 12.2. The summed E-state index contributed by atoms with van der Waals surface area (Å²) in [6.07, 6.45) is -4.39. The number of aromatic nitrogens is 1. The Hall–Kier alpha value is -2.49. The zero-order valence-corrected chi connectivity index (χ0v) is 14.5. The maximum atomic E-state index is 12.5. The van der Waals surface area contributed by atoms with Crippen molar-refractivity contribution in [3.63, 3.8) is 0 Å². The molecule has 1 aromatic heterocycles. The van der Waals surface area contributed by atoms with E-state index in [1.807, 2.05) is 0 Å². The molecule has 1 heterocycles. The highest BCUT2D eigenvalue weighted by Gasteiger charge is 2.29. The average Bonchev–Trinajstić information content (AvgIpc) is 2.97. The summed E-state index contributed by atoms with van der Waals surface area (Å²) in [6, 6.07) is 6.12. The topological polar surface area (TPSA) is 84.2 Å². The number of aryl methyl sites for hydroxylation is 1. The van der Waals surface area contributed by atoms with E-state index in [1.165, 1.54) is 12.1 Å². The fourth-order valence-electron chi connectivity index (χ4n) is 1.90. The molecule has 10 heteroatoms. The number of benzene rings is 1. The third-order valence-corrected chi connectivity index (χ3v) is 4.07. The Balaban J connectivity index is 1.66. The zero-order valence-electron chi connectivity index (χ0n) is 13.7. The lowest BCUT2D eigenvalue weighted by molar-refractivity contribution is -0.137. The van der Waals surface area contributed by atoms with Gasteiger partial charge in [0, 0.05) is 12.6 Å². The molecule has 0 fully saturated rings. The van der Waals surface area contributed by atoms with E-state index in [2.05, 4.69) is 15.8 Å². The SMILES string of the molecule is Cc1cc(NC(=O)CSCC(=O)NCc2ccc(C(F)(F)F)cc2)no1. The van der Waals surface area contributed by atoms with Crippen molar-refractivity contribution in [1.29, 1.82) is 0 Å². The van der Waals surface area contributed by atoms with Crippen molar-refractivity contribution in [2.45, 2.75) is 19.6 Å². The molecular formula is C16H16F3N3O3S. The number of carbonyl (C=O) groups excluding carboxylic acids is 2. The fraction of sp³-hybridized carbons (Fsp3) is 0.312. The Kier molecular flexibility index (Phi) is 6.67. The first kappa shape index (κ1) is 19.8. The quantitative estimate of drug-likeness (QED) is 0.763. The lowest BCUT2D eigenvalue weighted by Crippen LogP contribution is -2.25. The summed E-state index contributed by atoms with van der Waals surface area (Å²) in [5, 5.41) is 8.72. The van der Waals surface area contributed by atoms with E-state index in [4.69, 9.17) is 4.52 Å². The maximum absolute atomic E-state index is 12.5. The Labute approximate surface area is 151 Å². The van der Waals surface area contributed by atoms with E-state index >= 15 is 0 Å². The van der Waals surface area contributed by atoms with Crippen molar-refractivity contribution in [3.8, 4) is 0 Å². The van der Waals surface area contributed by atoms with E-state index in [9.17, 15) is 22.8 Å². The number of carbonyl (C=O) groups is 2. The van der Waals surface area contributed by atoms with Crippen LogP contribution in [0.4, 0.5) is 19.0 Å². The number of anilines is 1. The third kappa shape index (κ3) is 6.43.